The monoisotopic (exact) mass is 178 g/mol. The maximum atomic E-state index is 8.96. The fourth-order valence-corrected chi connectivity index (χ4v) is 1.47. The lowest BCUT2D eigenvalue weighted by Gasteiger charge is -2.11. The molecule has 0 aromatic heterocycles. The van der Waals surface area contributed by atoms with E-state index in [4.69, 9.17) is 5.11 Å². The topological polar surface area (TPSA) is 20.2 Å². The van der Waals surface area contributed by atoms with Crippen molar-refractivity contribution in [2.24, 2.45) is 5.92 Å². The first-order chi connectivity index (χ1) is 6.15. The average molecular weight is 178 g/mol. The Labute approximate surface area is 80.4 Å². The first-order valence-electron chi connectivity index (χ1n) is 4.81. The summed E-state index contributed by atoms with van der Waals surface area (Å²) < 4.78 is 0. The Balaban J connectivity index is 2.83. The highest BCUT2D eigenvalue weighted by Gasteiger charge is 2.05. The number of aliphatic hydroxyl groups excluding tert-OH is 1. The van der Waals surface area contributed by atoms with E-state index in [-0.39, 0.29) is 6.61 Å². The van der Waals surface area contributed by atoms with Crippen LogP contribution in [0.2, 0.25) is 0 Å². The summed E-state index contributed by atoms with van der Waals surface area (Å²) in [5, 5.41) is 8.96. The Morgan fingerprint density at radius 3 is 2.62 bits per heavy atom. The van der Waals surface area contributed by atoms with E-state index in [0.717, 1.165) is 6.42 Å². The van der Waals surface area contributed by atoms with Crippen LogP contribution in [-0.2, 0) is 6.42 Å². The van der Waals surface area contributed by atoms with E-state index in [1.807, 2.05) is 0 Å². The van der Waals surface area contributed by atoms with Crippen LogP contribution in [0.15, 0.2) is 18.2 Å². The maximum Gasteiger partial charge on any atom is 0.0459 e. The van der Waals surface area contributed by atoms with E-state index in [9.17, 15) is 0 Å². The van der Waals surface area contributed by atoms with Gasteiger partial charge in [0.1, 0.15) is 0 Å². The molecule has 1 unspecified atom stereocenters. The quantitative estimate of drug-likeness (QED) is 0.754. The summed E-state index contributed by atoms with van der Waals surface area (Å²) in [6, 6.07) is 6.36. The lowest BCUT2D eigenvalue weighted by molar-refractivity contribution is 0.237. The van der Waals surface area contributed by atoms with Crippen LogP contribution in [0, 0.1) is 19.8 Å². The molecule has 0 aliphatic heterocycles. The molecule has 0 heterocycles. The zero-order valence-electron chi connectivity index (χ0n) is 8.67. The smallest absolute Gasteiger partial charge is 0.0459 e. The molecule has 0 aliphatic carbocycles. The van der Waals surface area contributed by atoms with Gasteiger partial charge in [-0.1, -0.05) is 25.1 Å². The molecular formula is C12H18O. The van der Waals surface area contributed by atoms with Crippen LogP contribution >= 0.6 is 0 Å². The minimum atomic E-state index is 0.271. The predicted molar refractivity (Wildman–Crippen MR) is 55.9 cm³/mol. The highest BCUT2D eigenvalue weighted by molar-refractivity contribution is 5.33. The van der Waals surface area contributed by atoms with Crippen molar-refractivity contribution < 1.29 is 5.11 Å². The molecule has 1 aromatic rings. The Bertz CT molecular complexity index is 278. The molecule has 1 N–H and O–H groups in total. The van der Waals surface area contributed by atoms with Crippen molar-refractivity contribution in [2.45, 2.75) is 27.2 Å². The number of aliphatic hydroxyl groups is 1. The number of aryl methyl sites for hydroxylation is 1. The molecule has 13 heavy (non-hydrogen) atoms. The number of hydrogen-bond donors (Lipinski definition) is 1. The highest BCUT2D eigenvalue weighted by Crippen LogP contribution is 2.16. The third kappa shape index (κ3) is 2.56. The Morgan fingerprint density at radius 1 is 1.31 bits per heavy atom. The van der Waals surface area contributed by atoms with Crippen LogP contribution in [0.25, 0.3) is 0 Å². The van der Waals surface area contributed by atoms with Gasteiger partial charge in [-0.15, -0.1) is 0 Å². The Kier molecular flexibility index (Phi) is 3.49. The first-order valence-corrected chi connectivity index (χ1v) is 4.81. The van der Waals surface area contributed by atoms with E-state index in [1.165, 1.54) is 16.7 Å². The second-order valence-electron chi connectivity index (χ2n) is 3.85. The zero-order chi connectivity index (χ0) is 9.84. The molecule has 0 spiro atoms. The third-order valence-electron chi connectivity index (χ3n) is 2.60. The lowest BCUT2D eigenvalue weighted by Crippen LogP contribution is -2.06. The van der Waals surface area contributed by atoms with Crippen molar-refractivity contribution in [3.8, 4) is 0 Å². The molecule has 0 saturated heterocycles. The summed E-state index contributed by atoms with van der Waals surface area (Å²) in [6.07, 6.45) is 0.976. The van der Waals surface area contributed by atoms with Gasteiger partial charge < -0.3 is 5.11 Å². The summed E-state index contributed by atoms with van der Waals surface area (Å²) >= 11 is 0. The van der Waals surface area contributed by atoms with Gasteiger partial charge in [-0.25, -0.2) is 0 Å². The van der Waals surface area contributed by atoms with Gasteiger partial charge in [-0.2, -0.15) is 0 Å². The second-order valence-corrected chi connectivity index (χ2v) is 3.85. The second kappa shape index (κ2) is 4.43. The highest BCUT2D eigenvalue weighted by atomic mass is 16.3. The molecular weight excluding hydrogens is 160 g/mol. The fraction of sp³-hybridized carbons (Fsp3) is 0.500. The summed E-state index contributed by atoms with van der Waals surface area (Å²) in [7, 11) is 0. The van der Waals surface area contributed by atoms with Gasteiger partial charge in [0, 0.05) is 6.61 Å². The van der Waals surface area contributed by atoms with Gasteiger partial charge in [0.05, 0.1) is 0 Å². The van der Waals surface area contributed by atoms with Gasteiger partial charge in [-0.3, -0.25) is 0 Å². The molecule has 1 rings (SSSR count). The standard InChI is InChI=1S/C12H18O/c1-9(8-13)7-12-6-4-5-10(2)11(12)3/h4-6,9,13H,7-8H2,1-3H3. The van der Waals surface area contributed by atoms with Crippen LogP contribution in [0.3, 0.4) is 0 Å². The van der Waals surface area contributed by atoms with Crippen LogP contribution in [0.4, 0.5) is 0 Å². The van der Waals surface area contributed by atoms with Crippen LogP contribution in [-0.4, -0.2) is 11.7 Å². The average Bonchev–Trinajstić information content (AvgIpc) is 2.13. The summed E-state index contributed by atoms with van der Waals surface area (Å²) in [5.41, 5.74) is 4.06. The van der Waals surface area contributed by atoms with Crippen molar-refractivity contribution in [3.63, 3.8) is 0 Å². The number of benzene rings is 1. The van der Waals surface area contributed by atoms with Gasteiger partial charge in [-0.05, 0) is 42.9 Å². The summed E-state index contributed by atoms with van der Waals surface area (Å²) in [6.45, 7) is 6.62. The Morgan fingerprint density at radius 2 is 2.00 bits per heavy atom. The molecule has 1 atom stereocenters. The van der Waals surface area contributed by atoms with Crippen molar-refractivity contribution in [1.29, 1.82) is 0 Å². The fourth-order valence-electron chi connectivity index (χ4n) is 1.47. The SMILES string of the molecule is Cc1cccc(CC(C)CO)c1C. The van der Waals surface area contributed by atoms with Crippen molar-refractivity contribution >= 4 is 0 Å². The van der Waals surface area contributed by atoms with Gasteiger partial charge >= 0.3 is 0 Å². The molecule has 72 valence electrons. The van der Waals surface area contributed by atoms with Crippen molar-refractivity contribution in [1.82, 2.24) is 0 Å². The molecule has 0 saturated carbocycles. The maximum absolute atomic E-state index is 8.96. The van der Waals surface area contributed by atoms with E-state index in [2.05, 4.69) is 39.0 Å². The first kappa shape index (κ1) is 10.3. The molecule has 0 amide bonds. The minimum Gasteiger partial charge on any atom is -0.396 e. The van der Waals surface area contributed by atoms with Gasteiger partial charge in [0.2, 0.25) is 0 Å². The molecule has 0 aliphatic rings. The molecule has 0 radical (unpaired) electrons. The molecule has 1 heteroatoms. The van der Waals surface area contributed by atoms with Crippen LogP contribution < -0.4 is 0 Å². The predicted octanol–water partition coefficient (Wildman–Crippen LogP) is 2.47. The molecule has 1 nitrogen and oxygen atoms in total. The number of hydrogen-bond acceptors (Lipinski definition) is 1. The molecule has 1 aromatic carbocycles. The minimum absolute atomic E-state index is 0.271. The van der Waals surface area contributed by atoms with Gasteiger partial charge in [0.15, 0.2) is 0 Å². The summed E-state index contributed by atoms with van der Waals surface area (Å²) in [5.74, 6) is 0.362. The molecule has 0 bridgehead atoms. The number of rotatable bonds is 3. The zero-order valence-corrected chi connectivity index (χ0v) is 8.67. The van der Waals surface area contributed by atoms with Crippen LogP contribution in [0.5, 0.6) is 0 Å². The van der Waals surface area contributed by atoms with Crippen molar-refractivity contribution in [3.05, 3.63) is 34.9 Å². The van der Waals surface area contributed by atoms with Crippen molar-refractivity contribution in [2.75, 3.05) is 6.61 Å². The van der Waals surface area contributed by atoms with E-state index >= 15 is 0 Å². The van der Waals surface area contributed by atoms with E-state index < -0.39 is 0 Å². The normalized spacial score (nSPS) is 12.9. The van der Waals surface area contributed by atoms with E-state index in [0.29, 0.717) is 5.92 Å². The summed E-state index contributed by atoms with van der Waals surface area (Å²) in [4.78, 5) is 0. The van der Waals surface area contributed by atoms with Gasteiger partial charge in [0.25, 0.3) is 0 Å². The van der Waals surface area contributed by atoms with E-state index in [1.54, 1.807) is 0 Å². The Hall–Kier alpha value is -0.820. The lowest BCUT2D eigenvalue weighted by atomic mass is 9.95. The third-order valence-corrected chi connectivity index (χ3v) is 2.60. The van der Waals surface area contributed by atoms with Crippen LogP contribution in [0.1, 0.15) is 23.6 Å². The largest absolute Gasteiger partial charge is 0.396 e. The molecule has 0 fully saturated rings.